The van der Waals surface area contributed by atoms with E-state index >= 15 is 0 Å². The van der Waals surface area contributed by atoms with Gasteiger partial charge in [0, 0.05) is 12.4 Å². The summed E-state index contributed by atoms with van der Waals surface area (Å²) in [7, 11) is 0. The minimum atomic E-state index is -4.93. The van der Waals surface area contributed by atoms with Crippen LogP contribution < -0.4 is 10.1 Å². The van der Waals surface area contributed by atoms with E-state index in [1.807, 2.05) is 0 Å². The second-order valence-corrected chi connectivity index (χ2v) is 8.09. The minimum absolute atomic E-state index is 0.0464. The second-order valence-electron chi connectivity index (χ2n) is 8.09. The highest BCUT2D eigenvalue weighted by Crippen LogP contribution is 2.38. The smallest absolute Gasteiger partial charge is 0.384 e. The number of ether oxygens (including phenoxy) is 1. The van der Waals surface area contributed by atoms with Crippen LogP contribution in [0.15, 0.2) is 30.9 Å². The summed E-state index contributed by atoms with van der Waals surface area (Å²) >= 11 is 0. The number of hydrogen-bond acceptors (Lipinski definition) is 5. The molecule has 0 aromatic carbocycles. The highest BCUT2D eigenvalue weighted by molar-refractivity contribution is 6.08. The molecule has 1 saturated carbocycles. The lowest BCUT2D eigenvalue weighted by molar-refractivity contribution is -0.276. The average Bonchev–Trinajstić information content (AvgIpc) is 3.31. The molecule has 166 valence electrons. The third kappa shape index (κ3) is 4.64. The maximum Gasteiger partial charge on any atom is 0.574 e. The van der Waals surface area contributed by atoms with Crippen molar-refractivity contribution in [3.05, 3.63) is 36.4 Å². The number of nitrogens with zero attached hydrogens (tertiary/aromatic N) is 5. The molecule has 1 amide bonds. The largest absolute Gasteiger partial charge is 0.574 e. The van der Waals surface area contributed by atoms with E-state index in [2.05, 4.69) is 39.1 Å². The molecule has 0 bridgehead atoms. The first kappa shape index (κ1) is 21.1. The fraction of sp³-hybridized carbons (Fsp3) is 0.500. The summed E-state index contributed by atoms with van der Waals surface area (Å²) in [5, 5.41) is 10.5. The van der Waals surface area contributed by atoms with E-state index in [9.17, 15) is 18.0 Å². The van der Waals surface area contributed by atoms with Gasteiger partial charge in [-0.15, -0.1) is 18.3 Å². The van der Waals surface area contributed by atoms with Gasteiger partial charge in [0.2, 0.25) is 0 Å². The van der Waals surface area contributed by atoms with Gasteiger partial charge in [-0.1, -0.05) is 13.8 Å². The maximum atomic E-state index is 12.9. The summed E-state index contributed by atoms with van der Waals surface area (Å²) in [6.07, 6.45) is 4.46. The number of anilines is 1. The van der Waals surface area contributed by atoms with Gasteiger partial charge in [0.25, 0.3) is 11.8 Å². The van der Waals surface area contributed by atoms with Gasteiger partial charge in [-0.25, -0.2) is 9.50 Å². The molecule has 0 aliphatic heterocycles. The van der Waals surface area contributed by atoms with Gasteiger partial charge in [-0.3, -0.25) is 9.48 Å². The number of rotatable bonds is 5. The van der Waals surface area contributed by atoms with Crippen LogP contribution in [0.1, 0.15) is 55.9 Å². The number of carbonyl (C=O) groups is 1. The Labute approximate surface area is 176 Å². The van der Waals surface area contributed by atoms with Gasteiger partial charge in [0.1, 0.15) is 11.3 Å². The predicted octanol–water partition coefficient (Wildman–Crippen LogP) is 4.46. The van der Waals surface area contributed by atoms with Crippen molar-refractivity contribution in [2.75, 3.05) is 5.32 Å². The van der Waals surface area contributed by atoms with E-state index in [1.54, 1.807) is 12.3 Å². The van der Waals surface area contributed by atoms with Crippen molar-refractivity contribution in [3.8, 4) is 5.88 Å². The lowest BCUT2D eigenvalue weighted by Crippen LogP contribution is -2.22. The molecule has 11 heteroatoms. The van der Waals surface area contributed by atoms with Crippen molar-refractivity contribution < 1.29 is 22.7 Å². The van der Waals surface area contributed by atoms with Gasteiger partial charge < -0.3 is 10.1 Å². The van der Waals surface area contributed by atoms with Crippen LogP contribution in [0.5, 0.6) is 5.88 Å². The van der Waals surface area contributed by atoms with Crippen molar-refractivity contribution in [1.82, 2.24) is 24.4 Å². The Hall–Kier alpha value is -3.11. The fourth-order valence-electron chi connectivity index (χ4n) is 4.04. The Morgan fingerprint density at radius 3 is 2.68 bits per heavy atom. The van der Waals surface area contributed by atoms with Gasteiger partial charge in [-0.05, 0) is 43.6 Å². The summed E-state index contributed by atoms with van der Waals surface area (Å²) in [5.41, 5.74) is 0.269. The normalized spacial score (nSPS) is 19.7. The highest BCUT2D eigenvalue weighted by Gasteiger charge is 2.35. The molecule has 0 saturated heterocycles. The monoisotopic (exact) mass is 436 g/mol. The number of halogens is 3. The number of carbonyl (C=O) groups excluding carboxylic acids is 1. The fourth-order valence-corrected chi connectivity index (χ4v) is 4.04. The van der Waals surface area contributed by atoms with E-state index < -0.39 is 18.1 Å². The Kier molecular flexibility index (Phi) is 5.59. The zero-order valence-corrected chi connectivity index (χ0v) is 17.1. The van der Waals surface area contributed by atoms with Crippen LogP contribution >= 0.6 is 0 Å². The molecule has 0 atom stereocenters. The molecule has 3 aromatic heterocycles. The van der Waals surface area contributed by atoms with Crippen molar-refractivity contribution in [2.24, 2.45) is 11.8 Å². The SMILES string of the molecule is CC(C)C1CCC(n2cc(NC(=O)c3cnn4cccnc34)c(OC(F)(F)F)n2)CC1. The number of nitrogens with one attached hydrogen (secondary N) is 1. The van der Waals surface area contributed by atoms with Crippen LogP contribution in [-0.2, 0) is 0 Å². The summed E-state index contributed by atoms with van der Waals surface area (Å²) in [5.74, 6) is -0.169. The topological polar surface area (TPSA) is 86.3 Å². The minimum Gasteiger partial charge on any atom is -0.384 e. The molecule has 4 rings (SSSR count). The van der Waals surface area contributed by atoms with Gasteiger partial charge in [0.05, 0.1) is 18.4 Å². The molecule has 1 aliphatic carbocycles. The molecule has 8 nitrogen and oxygen atoms in total. The molecular formula is C20H23F3N6O2. The van der Waals surface area contributed by atoms with Crippen LogP contribution in [0.4, 0.5) is 18.9 Å². The summed E-state index contributed by atoms with van der Waals surface area (Å²) in [4.78, 5) is 16.8. The van der Waals surface area contributed by atoms with Crippen LogP contribution in [0.3, 0.4) is 0 Å². The second kappa shape index (κ2) is 8.20. The first-order valence-corrected chi connectivity index (χ1v) is 10.2. The highest BCUT2D eigenvalue weighted by atomic mass is 19.4. The Balaban J connectivity index is 1.58. The number of amides is 1. The third-order valence-corrected chi connectivity index (χ3v) is 5.74. The summed E-state index contributed by atoms with van der Waals surface area (Å²) < 4.78 is 45.7. The van der Waals surface area contributed by atoms with E-state index in [-0.39, 0.29) is 22.9 Å². The van der Waals surface area contributed by atoms with Crippen LogP contribution in [-0.4, -0.2) is 36.6 Å². The van der Waals surface area contributed by atoms with Crippen molar-refractivity contribution in [3.63, 3.8) is 0 Å². The van der Waals surface area contributed by atoms with Crippen molar-refractivity contribution >= 4 is 17.2 Å². The molecule has 1 aliphatic rings. The Morgan fingerprint density at radius 1 is 1.26 bits per heavy atom. The van der Waals surface area contributed by atoms with Gasteiger partial charge in [-0.2, -0.15) is 5.10 Å². The molecule has 3 heterocycles. The van der Waals surface area contributed by atoms with E-state index in [1.165, 1.54) is 27.8 Å². The van der Waals surface area contributed by atoms with Crippen LogP contribution in [0, 0.1) is 11.8 Å². The molecule has 31 heavy (non-hydrogen) atoms. The zero-order valence-electron chi connectivity index (χ0n) is 17.1. The van der Waals surface area contributed by atoms with Crippen molar-refractivity contribution in [2.45, 2.75) is 51.9 Å². The Morgan fingerprint density at radius 2 is 2.00 bits per heavy atom. The van der Waals surface area contributed by atoms with Gasteiger partial charge >= 0.3 is 6.36 Å². The molecule has 0 radical (unpaired) electrons. The maximum absolute atomic E-state index is 12.9. The molecule has 0 spiro atoms. The summed E-state index contributed by atoms with van der Waals surface area (Å²) in [6, 6.07) is 1.60. The standard InChI is InChI=1S/C20H23F3N6O2/c1-12(2)13-4-6-14(7-5-13)29-11-16(19(27-29)31-20(21,22)23)26-18(30)15-10-25-28-9-3-8-24-17(15)28/h3,8-14H,4-7H2,1-2H3,(H,26,30). The lowest BCUT2D eigenvalue weighted by Gasteiger charge is -2.30. The number of alkyl halides is 3. The molecular weight excluding hydrogens is 413 g/mol. The zero-order chi connectivity index (χ0) is 22.2. The molecule has 0 unspecified atom stereocenters. The van der Waals surface area contributed by atoms with Crippen LogP contribution in [0.2, 0.25) is 0 Å². The predicted molar refractivity (Wildman–Crippen MR) is 106 cm³/mol. The van der Waals surface area contributed by atoms with Gasteiger partial charge in [0.15, 0.2) is 5.65 Å². The Bertz CT molecular complexity index is 1070. The number of fused-ring (bicyclic) bond motifs is 1. The quantitative estimate of drug-likeness (QED) is 0.638. The third-order valence-electron chi connectivity index (χ3n) is 5.74. The molecule has 1 fully saturated rings. The van der Waals surface area contributed by atoms with E-state index in [4.69, 9.17) is 0 Å². The first-order chi connectivity index (χ1) is 14.7. The number of aromatic nitrogens is 5. The van der Waals surface area contributed by atoms with Crippen LogP contribution in [0.25, 0.3) is 5.65 Å². The van der Waals surface area contributed by atoms with Crippen molar-refractivity contribution in [1.29, 1.82) is 0 Å². The van der Waals surface area contributed by atoms with E-state index in [0.717, 1.165) is 25.7 Å². The average molecular weight is 436 g/mol. The van der Waals surface area contributed by atoms with E-state index in [0.29, 0.717) is 11.8 Å². The lowest BCUT2D eigenvalue weighted by atomic mass is 9.80. The first-order valence-electron chi connectivity index (χ1n) is 10.2. The number of hydrogen-bond donors (Lipinski definition) is 1. The summed E-state index contributed by atoms with van der Waals surface area (Å²) in [6.45, 7) is 4.36. The molecule has 3 aromatic rings. The molecule has 1 N–H and O–H groups in total.